The molecule has 0 saturated carbocycles. The molecule has 1 aliphatic rings. The Morgan fingerprint density at radius 3 is 2.34 bits per heavy atom. The fraction of sp³-hybridized carbons (Fsp3) is 0.263. The maximum absolute atomic E-state index is 12.5. The third-order valence-electron chi connectivity index (χ3n) is 4.12. The van der Waals surface area contributed by atoms with Gasteiger partial charge in [0.1, 0.15) is 30.3 Å². The maximum atomic E-state index is 12.5. The molecule has 0 N–H and O–H groups in total. The van der Waals surface area contributed by atoms with Crippen LogP contribution in [0.1, 0.15) is 20.7 Å². The Morgan fingerprint density at radius 2 is 1.72 bits per heavy atom. The van der Waals surface area contributed by atoms with Gasteiger partial charge in [-0.15, -0.1) is 0 Å². The first-order valence-electron chi connectivity index (χ1n) is 8.45. The van der Waals surface area contributed by atoms with Gasteiger partial charge in [-0.1, -0.05) is 0 Å². The van der Waals surface area contributed by atoms with Crippen molar-refractivity contribution in [2.24, 2.45) is 0 Å². The average Bonchev–Trinajstić information content (AvgIpc) is 2.75. The molecule has 0 unspecified atom stereocenters. The van der Waals surface area contributed by atoms with Crippen LogP contribution in [0, 0.1) is 10.1 Å². The lowest BCUT2D eigenvalue weighted by Gasteiger charge is -2.18. The Balaban J connectivity index is 1.81. The van der Waals surface area contributed by atoms with Crippen molar-refractivity contribution in [1.29, 1.82) is 0 Å². The van der Waals surface area contributed by atoms with E-state index in [0.717, 1.165) is 6.07 Å². The lowest BCUT2D eigenvalue weighted by molar-refractivity contribution is -0.385. The van der Waals surface area contributed by atoms with Crippen LogP contribution in [0.5, 0.6) is 23.0 Å². The topological polar surface area (TPSA) is 123 Å². The first-order chi connectivity index (χ1) is 13.9. The van der Waals surface area contributed by atoms with E-state index in [-0.39, 0.29) is 41.6 Å². The number of carbonyl (C=O) groups is 2. The van der Waals surface area contributed by atoms with Crippen molar-refractivity contribution in [3.05, 3.63) is 51.6 Å². The summed E-state index contributed by atoms with van der Waals surface area (Å²) < 4.78 is 25.9. The molecule has 29 heavy (non-hydrogen) atoms. The summed E-state index contributed by atoms with van der Waals surface area (Å²) in [5, 5.41) is 11.3. The summed E-state index contributed by atoms with van der Waals surface area (Å²) in [4.78, 5) is 35.5. The van der Waals surface area contributed by atoms with E-state index in [2.05, 4.69) is 0 Å². The molecule has 0 spiro atoms. The van der Waals surface area contributed by atoms with E-state index < -0.39 is 29.0 Å². The highest BCUT2D eigenvalue weighted by Gasteiger charge is 2.28. The Kier molecular flexibility index (Phi) is 5.82. The fourth-order valence-electron chi connectivity index (χ4n) is 2.71. The quantitative estimate of drug-likeness (QED) is 0.297. The van der Waals surface area contributed by atoms with E-state index in [1.54, 1.807) is 12.1 Å². The Hall–Kier alpha value is -3.82. The number of carbonyl (C=O) groups excluding carboxylic acids is 2. The predicted octanol–water partition coefficient (Wildman–Crippen LogP) is 2.42. The lowest BCUT2D eigenvalue weighted by Crippen LogP contribution is -2.18. The van der Waals surface area contributed by atoms with Crippen LogP contribution in [0.15, 0.2) is 30.3 Å². The van der Waals surface area contributed by atoms with E-state index in [9.17, 15) is 19.7 Å². The van der Waals surface area contributed by atoms with Gasteiger partial charge in [0.2, 0.25) is 5.78 Å². The van der Waals surface area contributed by atoms with E-state index in [4.69, 9.17) is 23.7 Å². The zero-order chi connectivity index (χ0) is 21.0. The molecule has 3 rings (SSSR count). The van der Waals surface area contributed by atoms with Gasteiger partial charge in [-0.3, -0.25) is 14.9 Å². The van der Waals surface area contributed by atoms with Gasteiger partial charge >= 0.3 is 5.97 Å². The normalized spacial score (nSPS) is 12.1. The van der Waals surface area contributed by atoms with Crippen molar-refractivity contribution in [3.63, 3.8) is 0 Å². The molecule has 1 heterocycles. The average molecular weight is 403 g/mol. The number of ketones is 1. The molecule has 10 heteroatoms. The second-order valence-electron chi connectivity index (χ2n) is 5.84. The van der Waals surface area contributed by atoms with Gasteiger partial charge in [-0.25, -0.2) is 4.79 Å². The Labute approximate surface area is 165 Å². The zero-order valence-corrected chi connectivity index (χ0v) is 15.6. The monoisotopic (exact) mass is 403 g/mol. The van der Waals surface area contributed by atoms with E-state index in [0.29, 0.717) is 5.75 Å². The van der Waals surface area contributed by atoms with Gasteiger partial charge in [0.05, 0.1) is 30.8 Å². The third kappa shape index (κ3) is 4.21. The van der Waals surface area contributed by atoms with Crippen molar-refractivity contribution >= 4 is 17.4 Å². The van der Waals surface area contributed by atoms with Crippen LogP contribution < -0.4 is 18.9 Å². The van der Waals surface area contributed by atoms with E-state index in [1.165, 1.54) is 26.4 Å². The highest BCUT2D eigenvalue weighted by molar-refractivity contribution is 6.02. The summed E-state index contributed by atoms with van der Waals surface area (Å²) >= 11 is 0. The molecule has 0 aliphatic carbocycles. The van der Waals surface area contributed by atoms with Crippen molar-refractivity contribution < 1.29 is 38.2 Å². The van der Waals surface area contributed by atoms with Crippen LogP contribution in [0.3, 0.4) is 0 Å². The van der Waals surface area contributed by atoms with Crippen LogP contribution in [0.4, 0.5) is 5.69 Å². The minimum absolute atomic E-state index is 0.149. The number of nitro benzene ring substituents is 1. The van der Waals surface area contributed by atoms with Gasteiger partial charge in [0, 0.05) is 6.07 Å². The SMILES string of the molecule is COc1ccc(OC)c(C(=O)COC(=O)c2cc3c(cc2[N+](=O)[O-])OCCO3)c1. The lowest BCUT2D eigenvalue weighted by atomic mass is 10.1. The molecule has 0 fully saturated rings. The van der Waals surface area contributed by atoms with Crippen molar-refractivity contribution in [2.75, 3.05) is 34.0 Å². The fourth-order valence-corrected chi connectivity index (χ4v) is 2.71. The predicted molar refractivity (Wildman–Crippen MR) is 98.2 cm³/mol. The van der Waals surface area contributed by atoms with Crippen molar-refractivity contribution in [3.8, 4) is 23.0 Å². The minimum Gasteiger partial charge on any atom is -0.497 e. The standard InChI is InChI=1S/C19H17NO9/c1-25-11-3-4-16(26-2)13(7-11)15(21)10-29-19(22)12-8-17-18(28-6-5-27-17)9-14(12)20(23)24/h3-4,7-9H,5-6,10H2,1-2H3. The minimum atomic E-state index is -1.04. The summed E-state index contributed by atoms with van der Waals surface area (Å²) in [6.07, 6.45) is 0. The first kappa shape index (κ1) is 19.9. The molecule has 10 nitrogen and oxygen atoms in total. The zero-order valence-electron chi connectivity index (χ0n) is 15.6. The Morgan fingerprint density at radius 1 is 1.03 bits per heavy atom. The molecule has 2 aromatic carbocycles. The van der Waals surface area contributed by atoms with Crippen LogP contribution in [0.25, 0.3) is 0 Å². The highest BCUT2D eigenvalue weighted by Crippen LogP contribution is 2.37. The smallest absolute Gasteiger partial charge is 0.345 e. The molecule has 152 valence electrons. The molecular formula is C19H17NO9. The molecule has 0 saturated heterocycles. The number of nitro groups is 1. The van der Waals surface area contributed by atoms with Crippen molar-refractivity contribution in [2.45, 2.75) is 0 Å². The van der Waals surface area contributed by atoms with Gasteiger partial charge in [-0.05, 0) is 18.2 Å². The molecule has 0 amide bonds. The van der Waals surface area contributed by atoms with Crippen LogP contribution in [-0.2, 0) is 4.74 Å². The number of nitrogens with zero attached hydrogens (tertiary/aromatic N) is 1. The molecule has 2 aromatic rings. The van der Waals surface area contributed by atoms with Gasteiger partial charge in [-0.2, -0.15) is 0 Å². The number of rotatable bonds is 7. The summed E-state index contributed by atoms with van der Waals surface area (Å²) in [6, 6.07) is 6.87. The van der Waals surface area contributed by atoms with Crippen LogP contribution in [0.2, 0.25) is 0 Å². The van der Waals surface area contributed by atoms with E-state index in [1.807, 2.05) is 0 Å². The summed E-state index contributed by atoms with van der Waals surface area (Å²) in [5.74, 6) is -0.551. The van der Waals surface area contributed by atoms with Gasteiger partial charge in [0.15, 0.2) is 18.1 Å². The third-order valence-corrected chi connectivity index (χ3v) is 4.12. The number of esters is 1. The number of benzene rings is 2. The first-order valence-corrected chi connectivity index (χ1v) is 8.45. The molecule has 0 atom stereocenters. The molecular weight excluding hydrogens is 386 g/mol. The largest absolute Gasteiger partial charge is 0.497 e. The maximum Gasteiger partial charge on any atom is 0.345 e. The Bertz CT molecular complexity index is 970. The summed E-state index contributed by atoms with van der Waals surface area (Å²) in [5.41, 5.74) is -0.702. The van der Waals surface area contributed by atoms with Gasteiger partial charge in [0.25, 0.3) is 5.69 Å². The number of hydrogen-bond acceptors (Lipinski definition) is 9. The van der Waals surface area contributed by atoms with Crippen LogP contribution >= 0.6 is 0 Å². The molecule has 1 aliphatic heterocycles. The highest BCUT2D eigenvalue weighted by atomic mass is 16.6. The number of ether oxygens (including phenoxy) is 5. The number of hydrogen-bond donors (Lipinski definition) is 0. The summed E-state index contributed by atoms with van der Waals surface area (Å²) in [7, 11) is 2.83. The van der Waals surface area contributed by atoms with Crippen LogP contribution in [-0.4, -0.2) is 50.7 Å². The van der Waals surface area contributed by atoms with Crippen molar-refractivity contribution in [1.82, 2.24) is 0 Å². The molecule has 0 bridgehead atoms. The molecule has 0 radical (unpaired) electrons. The van der Waals surface area contributed by atoms with Gasteiger partial charge < -0.3 is 23.7 Å². The molecule has 0 aromatic heterocycles. The summed E-state index contributed by atoms with van der Waals surface area (Å²) in [6.45, 7) is -0.161. The van der Waals surface area contributed by atoms with E-state index >= 15 is 0 Å². The number of methoxy groups -OCH3 is 2. The number of Topliss-reactive ketones (excluding diaryl/α,β-unsaturated/α-hetero) is 1. The number of fused-ring (bicyclic) bond motifs is 1. The second kappa shape index (κ2) is 8.46. The second-order valence-corrected chi connectivity index (χ2v) is 5.84.